The van der Waals surface area contributed by atoms with Crippen LogP contribution in [0.3, 0.4) is 0 Å². The Morgan fingerprint density at radius 2 is 1.19 bits per heavy atom. The minimum atomic E-state index is -1.75. The molecule has 0 spiro atoms. The van der Waals surface area contributed by atoms with E-state index in [9.17, 15) is 19.8 Å². The quantitative estimate of drug-likeness (QED) is 0.0957. The summed E-state index contributed by atoms with van der Waals surface area (Å²) in [6.45, 7) is 7.08. The predicted molar refractivity (Wildman–Crippen MR) is 160 cm³/mol. The fourth-order valence-corrected chi connectivity index (χ4v) is 6.15. The molecule has 2 aromatic rings. The molecule has 18 heteroatoms. The summed E-state index contributed by atoms with van der Waals surface area (Å²) in [7, 11) is 2.69. The van der Waals surface area contributed by atoms with Crippen molar-refractivity contribution in [3.63, 3.8) is 0 Å². The zero-order valence-corrected chi connectivity index (χ0v) is 25.2. The van der Waals surface area contributed by atoms with E-state index in [1.807, 2.05) is 0 Å². The van der Waals surface area contributed by atoms with Gasteiger partial charge in [-0.3, -0.25) is 9.59 Å². The van der Waals surface area contributed by atoms with Crippen molar-refractivity contribution in [3.05, 3.63) is 71.7 Å². The molecule has 2 heterocycles. The Balaban J connectivity index is 0.00000206. The molecule has 0 aliphatic rings. The second-order valence-electron chi connectivity index (χ2n) is 8.48. The lowest BCUT2D eigenvalue weighted by molar-refractivity contribution is -0.402. The standard InChI is InChI=1S/C24H34N8O4S2.NO3/c1-15(31(13-35)11-19-9-27-17(3)29-23(19)25)21(5-7-33)37-38-22(6-8-34)16(2)32(14-36)12-20-10-28-18(4)30-24(20)26;2-1(3)4/h9-10,13-14,33-34H,5-8,11-12H2,1-4H3,(H2,25,27,29)(H2,26,28,30);/q;-1/b21-15-,22-16-;. The topological polar surface area (TPSA) is 251 Å². The van der Waals surface area contributed by atoms with Crippen molar-refractivity contribution in [2.24, 2.45) is 0 Å². The van der Waals surface area contributed by atoms with Crippen molar-refractivity contribution in [2.45, 2.75) is 53.6 Å². The van der Waals surface area contributed by atoms with Gasteiger partial charge in [0.2, 0.25) is 12.8 Å². The number of aliphatic hydroxyl groups is 2. The van der Waals surface area contributed by atoms with Crippen LogP contribution in [-0.4, -0.2) is 71.1 Å². The number of aryl methyl sites for hydroxylation is 2. The van der Waals surface area contributed by atoms with Crippen LogP contribution in [0, 0.1) is 29.2 Å². The van der Waals surface area contributed by atoms with Gasteiger partial charge in [0, 0.05) is 70.8 Å². The molecular weight excluding hydrogens is 590 g/mol. The second-order valence-corrected chi connectivity index (χ2v) is 10.8. The normalized spacial score (nSPS) is 11.9. The van der Waals surface area contributed by atoms with E-state index >= 15 is 0 Å². The summed E-state index contributed by atoms with van der Waals surface area (Å²) in [6.07, 6.45) is 5.15. The third-order valence-electron chi connectivity index (χ3n) is 5.56. The van der Waals surface area contributed by atoms with Crippen molar-refractivity contribution in [3.8, 4) is 0 Å². The zero-order valence-electron chi connectivity index (χ0n) is 23.6. The van der Waals surface area contributed by atoms with E-state index in [1.165, 1.54) is 31.4 Å². The van der Waals surface area contributed by atoms with Crippen molar-refractivity contribution < 1.29 is 24.9 Å². The van der Waals surface area contributed by atoms with Gasteiger partial charge in [-0.15, -0.1) is 0 Å². The van der Waals surface area contributed by atoms with Crippen LogP contribution >= 0.6 is 21.6 Å². The minimum Gasteiger partial charge on any atom is -0.396 e. The SMILES string of the molecule is C/C(=C(\CCO)SS/C(CCO)=C(/C)N(C=O)Cc1cnc(C)nc1N)N(C=O)Cc1cnc(C)nc1N.O=[N+]([O-])[O-]. The number of nitrogen functional groups attached to an aromatic ring is 2. The molecular formula is C24H34N9O7S2-. The van der Waals surface area contributed by atoms with Crippen LogP contribution in [0.25, 0.3) is 0 Å². The number of hydrogen-bond acceptors (Lipinski definition) is 15. The maximum atomic E-state index is 12.0. The summed E-state index contributed by atoms with van der Waals surface area (Å²) >= 11 is 0. The van der Waals surface area contributed by atoms with E-state index < -0.39 is 5.09 Å². The minimum absolute atomic E-state index is 0.131. The number of aliphatic hydroxyl groups excluding tert-OH is 2. The van der Waals surface area contributed by atoms with Gasteiger partial charge in [-0.25, -0.2) is 19.9 Å². The number of carbonyl (C=O) groups excluding carboxylic acids is 2. The molecule has 0 saturated carbocycles. The number of nitrogens with two attached hydrogens (primary N) is 2. The fourth-order valence-electron chi connectivity index (χ4n) is 3.30. The van der Waals surface area contributed by atoms with Gasteiger partial charge in [-0.2, -0.15) is 0 Å². The lowest BCUT2D eigenvalue weighted by atomic mass is 10.2. The molecule has 2 aromatic heterocycles. The maximum absolute atomic E-state index is 12.0. The number of nitrogens with zero attached hydrogens (tertiary/aromatic N) is 7. The molecule has 230 valence electrons. The predicted octanol–water partition coefficient (Wildman–Crippen LogP) is 2.03. The van der Waals surface area contributed by atoms with E-state index in [4.69, 9.17) is 26.8 Å². The van der Waals surface area contributed by atoms with Gasteiger partial charge in [0.25, 0.3) is 0 Å². The number of aromatic nitrogens is 4. The Bertz CT molecular complexity index is 1200. The second kappa shape index (κ2) is 18.4. The Morgan fingerprint density at radius 3 is 1.45 bits per heavy atom. The summed E-state index contributed by atoms with van der Waals surface area (Å²) < 4.78 is 0. The van der Waals surface area contributed by atoms with E-state index in [0.29, 0.717) is 71.5 Å². The van der Waals surface area contributed by atoms with Gasteiger partial charge < -0.3 is 46.8 Å². The highest BCUT2D eigenvalue weighted by molar-refractivity contribution is 8.79. The third kappa shape index (κ3) is 11.9. The molecule has 6 N–H and O–H groups in total. The van der Waals surface area contributed by atoms with E-state index in [-0.39, 0.29) is 26.3 Å². The first-order valence-corrected chi connectivity index (χ1v) is 14.4. The molecule has 2 amide bonds. The number of carbonyl (C=O) groups is 2. The molecule has 0 fully saturated rings. The first-order chi connectivity index (χ1) is 19.9. The van der Waals surface area contributed by atoms with Crippen LogP contribution in [0.1, 0.15) is 49.5 Å². The highest BCUT2D eigenvalue weighted by Gasteiger charge is 2.18. The summed E-state index contributed by atoms with van der Waals surface area (Å²) in [6, 6.07) is 0. The average Bonchev–Trinajstić information content (AvgIpc) is 2.93. The van der Waals surface area contributed by atoms with Crippen molar-refractivity contribution in [1.82, 2.24) is 29.7 Å². The van der Waals surface area contributed by atoms with Crippen LogP contribution in [0.2, 0.25) is 0 Å². The van der Waals surface area contributed by atoms with Crippen LogP contribution in [0.15, 0.2) is 33.6 Å². The zero-order chi connectivity index (χ0) is 31.8. The highest BCUT2D eigenvalue weighted by atomic mass is 33.1. The van der Waals surface area contributed by atoms with Crippen LogP contribution in [0.4, 0.5) is 11.6 Å². The number of amides is 2. The molecule has 0 aliphatic carbocycles. The molecule has 0 unspecified atom stereocenters. The number of anilines is 2. The average molecular weight is 625 g/mol. The lowest BCUT2D eigenvalue weighted by Gasteiger charge is -2.24. The summed E-state index contributed by atoms with van der Waals surface area (Å²) in [5.74, 6) is 1.65. The molecule has 0 aromatic carbocycles. The van der Waals surface area contributed by atoms with Gasteiger partial charge in [-0.05, 0) is 27.7 Å². The van der Waals surface area contributed by atoms with Crippen molar-refractivity contribution in [2.75, 3.05) is 24.7 Å². The largest absolute Gasteiger partial charge is 0.396 e. The number of hydrogen-bond donors (Lipinski definition) is 4. The van der Waals surface area contributed by atoms with Crippen molar-refractivity contribution in [1.29, 1.82) is 0 Å². The van der Waals surface area contributed by atoms with Crippen LogP contribution in [0.5, 0.6) is 0 Å². The Morgan fingerprint density at radius 1 is 0.857 bits per heavy atom. The van der Waals surface area contributed by atoms with Gasteiger partial charge in [0.1, 0.15) is 23.3 Å². The van der Waals surface area contributed by atoms with Gasteiger partial charge >= 0.3 is 0 Å². The molecule has 0 bridgehead atoms. The van der Waals surface area contributed by atoms with E-state index in [1.54, 1.807) is 40.1 Å². The summed E-state index contributed by atoms with van der Waals surface area (Å²) in [5, 5.41) is 34.1. The van der Waals surface area contributed by atoms with E-state index in [0.717, 1.165) is 9.81 Å². The summed E-state index contributed by atoms with van der Waals surface area (Å²) in [5.41, 5.74) is 14.5. The number of rotatable bonds is 15. The Hall–Kier alpha value is -4.00. The molecule has 0 atom stereocenters. The van der Waals surface area contributed by atoms with Crippen LogP contribution < -0.4 is 11.5 Å². The van der Waals surface area contributed by atoms with Gasteiger partial charge in [-0.1, -0.05) is 21.6 Å². The lowest BCUT2D eigenvalue weighted by Crippen LogP contribution is -2.22. The Labute approximate surface area is 250 Å². The molecule has 0 radical (unpaired) electrons. The molecule has 0 saturated heterocycles. The fraction of sp³-hybridized carbons (Fsp3) is 0.417. The maximum Gasteiger partial charge on any atom is 0.214 e. The molecule has 0 aliphatic heterocycles. The third-order valence-corrected chi connectivity index (χ3v) is 8.50. The molecule has 42 heavy (non-hydrogen) atoms. The smallest absolute Gasteiger partial charge is 0.214 e. The van der Waals surface area contributed by atoms with E-state index in [2.05, 4.69) is 19.9 Å². The summed E-state index contributed by atoms with van der Waals surface area (Å²) in [4.78, 5) is 53.2. The van der Waals surface area contributed by atoms with Crippen LogP contribution in [-0.2, 0) is 22.7 Å². The molecule has 2 rings (SSSR count). The highest BCUT2D eigenvalue weighted by Crippen LogP contribution is 2.42. The molecule has 16 nitrogen and oxygen atoms in total. The van der Waals surface area contributed by atoms with Gasteiger partial charge in [0.15, 0.2) is 0 Å². The number of allylic oxidation sites excluding steroid dienone is 2. The first kappa shape index (κ1) is 36.0. The van der Waals surface area contributed by atoms with Gasteiger partial charge in [0.05, 0.1) is 18.2 Å². The first-order valence-electron chi connectivity index (χ1n) is 12.2. The Kier molecular flexibility index (Phi) is 15.8. The van der Waals surface area contributed by atoms with Crippen molar-refractivity contribution >= 4 is 46.0 Å². The monoisotopic (exact) mass is 624 g/mol.